The van der Waals surface area contributed by atoms with E-state index in [1.165, 1.54) is 19.3 Å². The Balaban J connectivity index is 1.97. The van der Waals surface area contributed by atoms with E-state index in [4.69, 9.17) is 5.26 Å². The second-order valence-electron chi connectivity index (χ2n) is 4.37. The molecule has 0 radical (unpaired) electrons. The van der Waals surface area contributed by atoms with Crippen LogP contribution in [0.5, 0.6) is 0 Å². The van der Waals surface area contributed by atoms with Crippen molar-refractivity contribution >= 4 is 5.82 Å². The summed E-state index contributed by atoms with van der Waals surface area (Å²) in [6.07, 6.45) is 5.42. The monoisotopic (exact) mass is 200 g/mol. The fraction of sp³-hybridized carbons (Fsp3) is 0.545. The van der Waals surface area contributed by atoms with E-state index in [0.29, 0.717) is 11.6 Å². The molecule has 4 heteroatoms. The molecule has 2 unspecified atom stereocenters. The molecule has 2 atom stereocenters. The minimum Gasteiger partial charge on any atom is -0.351 e. The topological polar surface area (TPSA) is 52.8 Å². The van der Waals surface area contributed by atoms with Gasteiger partial charge in [0.15, 0.2) is 5.82 Å². The number of hydrogen-bond donors (Lipinski definition) is 0. The van der Waals surface area contributed by atoms with Crippen LogP contribution in [0, 0.1) is 17.2 Å². The van der Waals surface area contributed by atoms with Gasteiger partial charge in [0, 0.05) is 12.6 Å². The maximum atomic E-state index is 9.00. The molecule has 1 saturated heterocycles. The van der Waals surface area contributed by atoms with Crippen LogP contribution in [0.2, 0.25) is 0 Å². The molecule has 0 aromatic carbocycles. The summed E-state index contributed by atoms with van der Waals surface area (Å²) in [5.74, 6) is 1.59. The molecule has 1 aliphatic carbocycles. The second kappa shape index (κ2) is 3.20. The van der Waals surface area contributed by atoms with Crippen LogP contribution in [-0.4, -0.2) is 22.8 Å². The molecule has 1 aromatic heterocycles. The molecule has 4 nitrogen and oxygen atoms in total. The van der Waals surface area contributed by atoms with Gasteiger partial charge in [-0.25, -0.2) is 0 Å². The van der Waals surface area contributed by atoms with Crippen LogP contribution in [0.4, 0.5) is 5.82 Å². The second-order valence-corrected chi connectivity index (χ2v) is 4.37. The zero-order chi connectivity index (χ0) is 10.3. The summed E-state index contributed by atoms with van der Waals surface area (Å²) in [7, 11) is 0. The van der Waals surface area contributed by atoms with Gasteiger partial charge in [-0.2, -0.15) is 10.4 Å². The first-order valence-electron chi connectivity index (χ1n) is 5.37. The lowest BCUT2D eigenvalue weighted by Crippen LogP contribution is -2.33. The molecule has 1 saturated carbocycles. The molecule has 2 fully saturated rings. The molecule has 3 rings (SSSR count). The standard InChI is InChI=1S/C11H12N4/c12-6-9-3-4-13-14-11(9)15-7-8-1-2-10(15)5-8/h3-4,8,10H,1-2,5,7H2. The summed E-state index contributed by atoms with van der Waals surface area (Å²) in [5.41, 5.74) is 0.651. The molecule has 2 bridgehead atoms. The first kappa shape index (κ1) is 8.66. The van der Waals surface area contributed by atoms with Gasteiger partial charge in [0.25, 0.3) is 0 Å². The van der Waals surface area contributed by atoms with Crippen molar-refractivity contribution < 1.29 is 0 Å². The molecule has 1 aliphatic heterocycles. The highest BCUT2D eigenvalue weighted by atomic mass is 15.3. The van der Waals surface area contributed by atoms with Crippen LogP contribution in [0.1, 0.15) is 24.8 Å². The number of hydrogen-bond acceptors (Lipinski definition) is 4. The maximum absolute atomic E-state index is 9.00. The lowest BCUT2D eigenvalue weighted by atomic mass is 10.1. The molecule has 1 aromatic rings. The Labute approximate surface area is 88.5 Å². The van der Waals surface area contributed by atoms with Gasteiger partial charge >= 0.3 is 0 Å². The fourth-order valence-corrected chi connectivity index (χ4v) is 2.81. The number of anilines is 1. The minimum atomic E-state index is 0.596. The van der Waals surface area contributed by atoms with Gasteiger partial charge < -0.3 is 4.90 Å². The van der Waals surface area contributed by atoms with E-state index < -0.39 is 0 Å². The maximum Gasteiger partial charge on any atom is 0.169 e. The Morgan fingerprint density at radius 1 is 1.47 bits per heavy atom. The van der Waals surface area contributed by atoms with Gasteiger partial charge in [-0.3, -0.25) is 0 Å². The van der Waals surface area contributed by atoms with Crippen LogP contribution < -0.4 is 4.90 Å². The Hall–Kier alpha value is -1.63. The van der Waals surface area contributed by atoms with E-state index in [2.05, 4.69) is 21.2 Å². The third kappa shape index (κ3) is 1.27. The van der Waals surface area contributed by atoms with Gasteiger partial charge in [-0.15, -0.1) is 5.10 Å². The van der Waals surface area contributed by atoms with Crippen molar-refractivity contribution in [2.75, 3.05) is 11.4 Å². The van der Waals surface area contributed by atoms with Crippen molar-refractivity contribution in [3.05, 3.63) is 17.8 Å². The summed E-state index contributed by atoms with van der Waals surface area (Å²) < 4.78 is 0. The first-order valence-corrected chi connectivity index (χ1v) is 5.37. The molecular weight excluding hydrogens is 188 g/mol. The third-order valence-electron chi connectivity index (χ3n) is 3.50. The van der Waals surface area contributed by atoms with E-state index in [9.17, 15) is 0 Å². The SMILES string of the molecule is N#Cc1ccnnc1N1CC2CCC1C2. The molecule has 2 aliphatic rings. The average Bonchev–Trinajstić information content (AvgIpc) is 2.90. The van der Waals surface area contributed by atoms with Gasteiger partial charge in [-0.1, -0.05) is 0 Å². The first-order chi connectivity index (χ1) is 7.38. The van der Waals surface area contributed by atoms with Crippen molar-refractivity contribution in [1.29, 1.82) is 5.26 Å². The highest BCUT2D eigenvalue weighted by molar-refractivity contribution is 5.54. The Morgan fingerprint density at radius 3 is 3.07 bits per heavy atom. The predicted octanol–water partition coefficient (Wildman–Crippen LogP) is 1.34. The fourth-order valence-electron chi connectivity index (χ4n) is 2.81. The quantitative estimate of drug-likeness (QED) is 0.686. The highest BCUT2D eigenvalue weighted by Gasteiger charge is 2.39. The van der Waals surface area contributed by atoms with E-state index >= 15 is 0 Å². The minimum absolute atomic E-state index is 0.596. The van der Waals surface area contributed by atoms with Crippen molar-refractivity contribution in [3.63, 3.8) is 0 Å². The van der Waals surface area contributed by atoms with Gasteiger partial charge in [-0.05, 0) is 31.2 Å². The molecule has 0 spiro atoms. The average molecular weight is 200 g/mol. The van der Waals surface area contributed by atoms with Crippen LogP contribution in [0.25, 0.3) is 0 Å². The number of fused-ring (bicyclic) bond motifs is 2. The van der Waals surface area contributed by atoms with E-state index in [-0.39, 0.29) is 0 Å². The number of rotatable bonds is 1. The van der Waals surface area contributed by atoms with E-state index in [1.54, 1.807) is 12.3 Å². The number of piperidine rings is 1. The summed E-state index contributed by atoms with van der Waals surface area (Å²) in [5, 5.41) is 17.0. The normalized spacial score (nSPS) is 28.1. The summed E-state index contributed by atoms with van der Waals surface area (Å²) in [6.45, 7) is 1.05. The molecule has 76 valence electrons. The molecule has 0 amide bonds. The molecule has 0 N–H and O–H groups in total. The van der Waals surface area contributed by atoms with E-state index in [1.807, 2.05) is 0 Å². The number of nitrogens with zero attached hydrogens (tertiary/aromatic N) is 4. The predicted molar refractivity (Wildman–Crippen MR) is 55.2 cm³/mol. The van der Waals surface area contributed by atoms with Gasteiger partial charge in [0.05, 0.1) is 11.8 Å². The number of aromatic nitrogens is 2. The lowest BCUT2D eigenvalue weighted by Gasteiger charge is -2.27. The molecular formula is C11H12N4. The highest BCUT2D eigenvalue weighted by Crippen LogP contribution is 2.39. The van der Waals surface area contributed by atoms with Crippen molar-refractivity contribution in [3.8, 4) is 6.07 Å². The van der Waals surface area contributed by atoms with Gasteiger partial charge in [0.2, 0.25) is 0 Å². The largest absolute Gasteiger partial charge is 0.351 e. The Kier molecular flexibility index (Phi) is 1.84. The molecule has 2 heterocycles. The van der Waals surface area contributed by atoms with Gasteiger partial charge in [0.1, 0.15) is 6.07 Å². The summed E-state index contributed by atoms with van der Waals surface area (Å²) in [6, 6.07) is 4.53. The van der Waals surface area contributed by atoms with Crippen molar-refractivity contribution in [1.82, 2.24) is 10.2 Å². The number of nitriles is 1. The molecule has 15 heavy (non-hydrogen) atoms. The zero-order valence-corrected chi connectivity index (χ0v) is 8.43. The Morgan fingerprint density at radius 2 is 2.40 bits per heavy atom. The van der Waals surface area contributed by atoms with Crippen LogP contribution in [-0.2, 0) is 0 Å². The van der Waals surface area contributed by atoms with Crippen LogP contribution in [0.15, 0.2) is 12.3 Å². The zero-order valence-electron chi connectivity index (χ0n) is 8.43. The summed E-state index contributed by atoms with van der Waals surface area (Å²) >= 11 is 0. The van der Waals surface area contributed by atoms with Crippen molar-refractivity contribution in [2.24, 2.45) is 5.92 Å². The Bertz CT molecular complexity index is 423. The smallest absolute Gasteiger partial charge is 0.169 e. The van der Waals surface area contributed by atoms with E-state index in [0.717, 1.165) is 18.3 Å². The van der Waals surface area contributed by atoms with Crippen LogP contribution >= 0.6 is 0 Å². The summed E-state index contributed by atoms with van der Waals surface area (Å²) in [4.78, 5) is 2.26. The lowest BCUT2D eigenvalue weighted by molar-refractivity contribution is 0.548. The third-order valence-corrected chi connectivity index (χ3v) is 3.50. The van der Waals surface area contributed by atoms with Crippen molar-refractivity contribution in [2.45, 2.75) is 25.3 Å². The van der Waals surface area contributed by atoms with Crippen LogP contribution in [0.3, 0.4) is 0 Å².